The van der Waals surface area contributed by atoms with E-state index in [0.717, 1.165) is 4.90 Å². The Kier molecular flexibility index (Phi) is 6.08. The molecule has 0 unspecified atom stereocenters. The van der Waals surface area contributed by atoms with Crippen molar-refractivity contribution in [2.24, 2.45) is 0 Å². The number of carbonyl (C=O) groups excluding carboxylic acids is 1. The molecule has 0 aliphatic carbocycles. The highest BCUT2D eigenvalue weighted by Gasteiger charge is 2.07. The second kappa shape index (κ2) is 7.82. The van der Waals surface area contributed by atoms with Crippen LogP contribution < -0.4 is 5.32 Å². The minimum absolute atomic E-state index is 0.194. The number of carbonyl (C=O) groups is 1. The number of halogens is 3. The molecule has 2 aromatic rings. The molecule has 0 heterocycles. The van der Waals surface area contributed by atoms with Gasteiger partial charge in [-0.1, -0.05) is 27.5 Å². The summed E-state index contributed by atoms with van der Waals surface area (Å²) in [7, 11) is 0. The fraction of sp³-hybridized carbons (Fsp3) is 0.133. The Balaban J connectivity index is 1.81. The standard InChI is InChI=1S/C15H12BrClFNOS/c16-10-1-6-14(13(18)9-10)19-15(20)7-8-21-12-4-2-11(17)3-5-12/h1-6,9H,7-8H2,(H,19,20). The molecule has 0 saturated heterocycles. The number of hydrogen-bond acceptors (Lipinski definition) is 2. The summed E-state index contributed by atoms with van der Waals surface area (Å²) in [6.07, 6.45) is 0.308. The quantitative estimate of drug-likeness (QED) is 0.698. The highest BCUT2D eigenvalue weighted by atomic mass is 79.9. The molecule has 0 aliphatic rings. The molecular formula is C15H12BrClFNOS. The van der Waals surface area contributed by atoms with Crippen LogP contribution >= 0.6 is 39.3 Å². The van der Waals surface area contributed by atoms with Crippen LogP contribution in [0.25, 0.3) is 0 Å². The van der Waals surface area contributed by atoms with Crippen molar-refractivity contribution < 1.29 is 9.18 Å². The maximum absolute atomic E-state index is 13.6. The van der Waals surface area contributed by atoms with Gasteiger partial charge < -0.3 is 5.32 Å². The molecule has 1 N–H and O–H groups in total. The molecule has 1 amide bonds. The van der Waals surface area contributed by atoms with Gasteiger partial charge in [0, 0.05) is 26.6 Å². The zero-order valence-corrected chi connectivity index (χ0v) is 14.1. The van der Waals surface area contributed by atoms with Crippen LogP contribution in [0.3, 0.4) is 0 Å². The number of hydrogen-bond donors (Lipinski definition) is 1. The normalized spacial score (nSPS) is 10.4. The van der Waals surface area contributed by atoms with Gasteiger partial charge in [-0.2, -0.15) is 0 Å². The highest BCUT2D eigenvalue weighted by Crippen LogP contribution is 2.22. The molecule has 0 bridgehead atoms. The number of nitrogens with one attached hydrogen (secondary N) is 1. The zero-order chi connectivity index (χ0) is 15.2. The lowest BCUT2D eigenvalue weighted by molar-refractivity contribution is -0.115. The van der Waals surface area contributed by atoms with Gasteiger partial charge >= 0.3 is 0 Å². The van der Waals surface area contributed by atoms with Gasteiger partial charge in [0.2, 0.25) is 5.91 Å². The molecule has 0 radical (unpaired) electrons. The lowest BCUT2D eigenvalue weighted by Crippen LogP contribution is -2.13. The Morgan fingerprint density at radius 2 is 1.95 bits per heavy atom. The van der Waals surface area contributed by atoms with E-state index >= 15 is 0 Å². The Morgan fingerprint density at radius 3 is 2.62 bits per heavy atom. The summed E-state index contributed by atoms with van der Waals surface area (Å²) in [6.45, 7) is 0. The molecule has 110 valence electrons. The maximum atomic E-state index is 13.6. The van der Waals surface area contributed by atoms with Crippen LogP contribution in [0.2, 0.25) is 5.02 Å². The van der Waals surface area contributed by atoms with Crippen LogP contribution in [-0.2, 0) is 4.79 Å². The third-order valence-electron chi connectivity index (χ3n) is 2.62. The number of anilines is 1. The Morgan fingerprint density at radius 1 is 1.24 bits per heavy atom. The van der Waals surface area contributed by atoms with Crippen LogP contribution in [0.5, 0.6) is 0 Å². The predicted octanol–water partition coefficient (Wildman–Crippen LogP) is 5.36. The molecule has 21 heavy (non-hydrogen) atoms. The van der Waals surface area contributed by atoms with Crippen LogP contribution in [-0.4, -0.2) is 11.7 Å². The predicted molar refractivity (Wildman–Crippen MR) is 89.5 cm³/mol. The van der Waals surface area contributed by atoms with Crippen molar-refractivity contribution in [2.75, 3.05) is 11.1 Å². The summed E-state index contributed by atoms with van der Waals surface area (Å²) in [5.41, 5.74) is 0.194. The van der Waals surface area contributed by atoms with Gasteiger partial charge in [0.15, 0.2) is 0 Å². The van der Waals surface area contributed by atoms with Crippen LogP contribution in [0.15, 0.2) is 51.8 Å². The summed E-state index contributed by atoms with van der Waals surface area (Å²) in [5.74, 6) is -0.0493. The minimum Gasteiger partial charge on any atom is -0.324 e. The van der Waals surface area contributed by atoms with E-state index in [1.807, 2.05) is 12.1 Å². The molecule has 0 saturated carbocycles. The fourth-order valence-electron chi connectivity index (χ4n) is 1.60. The van der Waals surface area contributed by atoms with Gasteiger partial charge in [0.1, 0.15) is 5.82 Å². The van der Waals surface area contributed by atoms with Crippen molar-refractivity contribution in [1.29, 1.82) is 0 Å². The monoisotopic (exact) mass is 387 g/mol. The highest BCUT2D eigenvalue weighted by molar-refractivity contribution is 9.10. The first-order valence-electron chi connectivity index (χ1n) is 6.18. The summed E-state index contributed by atoms with van der Waals surface area (Å²) >= 11 is 10.5. The SMILES string of the molecule is O=C(CCSc1ccc(Cl)cc1)Nc1ccc(Br)cc1F. The van der Waals surface area contributed by atoms with Gasteiger partial charge in [0.05, 0.1) is 5.69 Å². The molecule has 2 nitrogen and oxygen atoms in total. The minimum atomic E-state index is -0.455. The van der Waals surface area contributed by atoms with E-state index in [1.54, 1.807) is 30.0 Å². The summed E-state index contributed by atoms with van der Waals surface area (Å²) in [6, 6.07) is 11.9. The molecule has 0 aliphatic heterocycles. The van der Waals surface area contributed by atoms with Crippen molar-refractivity contribution in [1.82, 2.24) is 0 Å². The van der Waals surface area contributed by atoms with Gasteiger partial charge in [-0.3, -0.25) is 4.79 Å². The van der Waals surface area contributed by atoms with Gasteiger partial charge in [-0.05, 0) is 42.5 Å². The first kappa shape index (κ1) is 16.3. The van der Waals surface area contributed by atoms with Gasteiger partial charge in [-0.15, -0.1) is 11.8 Å². The summed E-state index contributed by atoms with van der Waals surface area (Å²) in [4.78, 5) is 12.8. The average molecular weight is 389 g/mol. The van der Waals surface area contributed by atoms with Gasteiger partial charge in [-0.25, -0.2) is 4.39 Å². The first-order valence-corrected chi connectivity index (χ1v) is 8.33. The van der Waals surface area contributed by atoms with Gasteiger partial charge in [0.25, 0.3) is 0 Å². The molecule has 0 fully saturated rings. The van der Waals surface area contributed by atoms with E-state index in [-0.39, 0.29) is 11.6 Å². The Labute approximate surface area is 140 Å². The van der Waals surface area contributed by atoms with E-state index in [2.05, 4.69) is 21.2 Å². The first-order chi connectivity index (χ1) is 10.0. The Hall–Kier alpha value is -1.04. The molecule has 0 aromatic heterocycles. The molecule has 0 atom stereocenters. The molecule has 0 spiro atoms. The topological polar surface area (TPSA) is 29.1 Å². The second-order valence-corrected chi connectivity index (χ2v) is 6.75. The third-order valence-corrected chi connectivity index (χ3v) is 4.38. The van der Waals surface area contributed by atoms with Crippen molar-refractivity contribution in [3.63, 3.8) is 0 Å². The van der Waals surface area contributed by atoms with Crippen molar-refractivity contribution in [3.8, 4) is 0 Å². The smallest absolute Gasteiger partial charge is 0.225 e. The number of thioether (sulfide) groups is 1. The van der Waals surface area contributed by atoms with E-state index in [0.29, 0.717) is 21.7 Å². The Bertz CT molecular complexity index is 636. The molecule has 2 aromatic carbocycles. The molecule has 2 rings (SSSR count). The van der Waals surface area contributed by atoms with Crippen LogP contribution in [0, 0.1) is 5.82 Å². The fourth-order valence-corrected chi connectivity index (χ4v) is 2.91. The maximum Gasteiger partial charge on any atom is 0.225 e. The number of benzene rings is 2. The largest absolute Gasteiger partial charge is 0.324 e. The molecule has 6 heteroatoms. The molecular weight excluding hydrogens is 377 g/mol. The third kappa shape index (κ3) is 5.34. The zero-order valence-electron chi connectivity index (χ0n) is 10.9. The van der Waals surface area contributed by atoms with E-state index in [1.165, 1.54) is 12.1 Å². The average Bonchev–Trinajstić information content (AvgIpc) is 2.44. The summed E-state index contributed by atoms with van der Waals surface area (Å²) in [5, 5.41) is 3.25. The summed E-state index contributed by atoms with van der Waals surface area (Å²) < 4.78 is 14.2. The lowest BCUT2D eigenvalue weighted by Gasteiger charge is -2.07. The van der Waals surface area contributed by atoms with Crippen molar-refractivity contribution >= 4 is 50.9 Å². The van der Waals surface area contributed by atoms with Crippen molar-refractivity contribution in [2.45, 2.75) is 11.3 Å². The van der Waals surface area contributed by atoms with Crippen molar-refractivity contribution in [3.05, 3.63) is 57.8 Å². The van der Waals surface area contributed by atoms with E-state index < -0.39 is 5.82 Å². The lowest BCUT2D eigenvalue weighted by atomic mass is 10.3. The van der Waals surface area contributed by atoms with Crippen LogP contribution in [0.1, 0.15) is 6.42 Å². The van der Waals surface area contributed by atoms with Crippen LogP contribution in [0.4, 0.5) is 10.1 Å². The van der Waals surface area contributed by atoms with E-state index in [9.17, 15) is 9.18 Å². The number of amides is 1. The number of rotatable bonds is 5. The second-order valence-electron chi connectivity index (χ2n) is 4.22. The van der Waals surface area contributed by atoms with E-state index in [4.69, 9.17) is 11.6 Å².